The quantitative estimate of drug-likeness (QED) is 0.473. The van der Waals surface area contributed by atoms with E-state index in [1.54, 1.807) is 36.2 Å². The third-order valence-electron chi connectivity index (χ3n) is 7.65. The van der Waals surface area contributed by atoms with Gasteiger partial charge in [0.2, 0.25) is 17.7 Å². The maximum atomic E-state index is 13.8. The minimum Gasteiger partial charge on any atom is -0.396 e. The number of para-hydroxylation sites is 1. The van der Waals surface area contributed by atoms with Crippen molar-refractivity contribution in [3.8, 4) is 0 Å². The minimum atomic E-state index is -1.05. The molecule has 3 N–H and O–H groups in total. The van der Waals surface area contributed by atoms with Crippen molar-refractivity contribution in [1.82, 2.24) is 10.2 Å². The molecule has 5 atom stereocenters. The summed E-state index contributed by atoms with van der Waals surface area (Å²) in [4.78, 5) is 42.0. The molecule has 2 unspecified atom stereocenters. The number of hydrogen-bond acceptors (Lipinski definition) is 5. The standard InChI is InChI=1S/C24H32ClN3O5/c1-3-23-11-12-24(33-23)18(17(23)20(30)26-2)22(32)28(13-7-4-8-14-29)19(24)21(31)27-16-10-6-5-9-15(16)25/h5-6,9-10,17-19,29H,3-4,7-8,11-14H2,1-2H3,(H,26,30)(H,27,31)/t17-,18+,19?,23+,24?/m1/s1. The minimum absolute atomic E-state index is 0.0812. The van der Waals surface area contributed by atoms with Crippen LogP contribution in [-0.4, -0.2) is 65.2 Å². The molecule has 33 heavy (non-hydrogen) atoms. The largest absolute Gasteiger partial charge is 0.396 e. The van der Waals surface area contributed by atoms with Gasteiger partial charge in [0.15, 0.2) is 0 Å². The number of likely N-dealkylation sites (tertiary alicyclic amines) is 1. The van der Waals surface area contributed by atoms with E-state index in [1.165, 1.54) is 0 Å². The molecule has 9 heteroatoms. The number of benzene rings is 1. The summed E-state index contributed by atoms with van der Waals surface area (Å²) in [5.74, 6) is -2.12. The van der Waals surface area contributed by atoms with Gasteiger partial charge in [-0.25, -0.2) is 0 Å². The molecule has 180 valence electrons. The van der Waals surface area contributed by atoms with Crippen LogP contribution in [0.5, 0.6) is 0 Å². The van der Waals surface area contributed by atoms with E-state index in [0.29, 0.717) is 49.4 Å². The van der Waals surface area contributed by atoms with E-state index < -0.39 is 29.1 Å². The van der Waals surface area contributed by atoms with Gasteiger partial charge in [-0.1, -0.05) is 30.7 Å². The first-order valence-corrected chi connectivity index (χ1v) is 12.1. The number of rotatable bonds is 9. The first-order valence-electron chi connectivity index (χ1n) is 11.7. The van der Waals surface area contributed by atoms with Crippen LogP contribution < -0.4 is 10.6 Å². The highest BCUT2D eigenvalue weighted by Crippen LogP contribution is 2.64. The Hall–Kier alpha value is -2.16. The molecule has 4 rings (SSSR count). The zero-order valence-electron chi connectivity index (χ0n) is 19.1. The highest BCUT2D eigenvalue weighted by atomic mass is 35.5. The Bertz CT molecular complexity index is 942. The molecule has 2 bridgehead atoms. The third-order valence-corrected chi connectivity index (χ3v) is 7.98. The number of nitrogens with zero attached hydrogens (tertiary/aromatic N) is 1. The second-order valence-electron chi connectivity index (χ2n) is 9.23. The molecule has 0 radical (unpaired) electrons. The molecular weight excluding hydrogens is 446 g/mol. The molecule has 3 aliphatic heterocycles. The van der Waals surface area contributed by atoms with Gasteiger partial charge >= 0.3 is 0 Å². The van der Waals surface area contributed by atoms with Crippen LogP contribution in [0.2, 0.25) is 5.02 Å². The number of hydrogen-bond donors (Lipinski definition) is 3. The maximum Gasteiger partial charge on any atom is 0.250 e. The monoisotopic (exact) mass is 477 g/mol. The lowest BCUT2D eigenvalue weighted by Crippen LogP contribution is -2.53. The highest BCUT2D eigenvalue weighted by Gasteiger charge is 2.78. The smallest absolute Gasteiger partial charge is 0.250 e. The zero-order valence-corrected chi connectivity index (χ0v) is 19.9. The van der Waals surface area contributed by atoms with Crippen molar-refractivity contribution in [1.29, 1.82) is 0 Å². The Morgan fingerprint density at radius 1 is 1.21 bits per heavy atom. The number of carbonyl (C=O) groups is 3. The topological polar surface area (TPSA) is 108 Å². The summed E-state index contributed by atoms with van der Waals surface area (Å²) >= 11 is 6.27. The number of anilines is 1. The van der Waals surface area contributed by atoms with Crippen LogP contribution >= 0.6 is 11.6 Å². The van der Waals surface area contributed by atoms with Gasteiger partial charge < -0.3 is 25.4 Å². The number of fused-ring (bicyclic) bond motifs is 1. The number of halogens is 1. The number of unbranched alkanes of at least 4 members (excludes halogenated alkanes) is 2. The SMILES string of the molecule is CC[C@@]12CCC3(O1)C(C(=O)Nc1ccccc1Cl)N(CCCCCO)C(=O)[C@@H]3[C@@H]2C(=O)NC. The van der Waals surface area contributed by atoms with E-state index >= 15 is 0 Å². The average molecular weight is 478 g/mol. The van der Waals surface area contributed by atoms with Crippen molar-refractivity contribution in [2.24, 2.45) is 11.8 Å². The number of amides is 3. The molecule has 8 nitrogen and oxygen atoms in total. The fourth-order valence-corrected chi connectivity index (χ4v) is 6.33. The van der Waals surface area contributed by atoms with Gasteiger partial charge in [-0.3, -0.25) is 14.4 Å². The third kappa shape index (κ3) is 3.72. The van der Waals surface area contributed by atoms with Gasteiger partial charge in [0.05, 0.1) is 28.1 Å². The molecule has 1 aromatic carbocycles. The van der Waals surface area contributed by atoms with Crippen LogP contribution in [0.1, 0.15) is 45.4 Å². The maximum absolute atomic E-state index is 13.8. The first-order chi connectivity index (χ1) is 15.8. The summed E-state index contributed by atoms with van der Waals surface area (Å²) in [6.45, 7) is 2.41. The first kappa shape index (κ1) is 24.0. The fraction of sp³-hybridized carbons (Fsp3) is 0.625. The number of aliphatic hydroxyl groups excluding tert-OH is 1. The highest BCUT2D eigenvalue weighted by molar-refractivity contribution is 6.33. The summed E-state index contributed by atoms with van der Waals surface area (Å²) in [6.07, 6.45) is 3.76. The Kier molecular flexibility index (Phi) is 6.71. The zero-order chi connectivity index (χ0) is 23.8. The normalized spacial score (nSPS) is 32.2. The number of ether oxygens (including phenoxy) is 1. The van der Waals surface area contributed by atoms with Gasteiger partial charge in [0.1, 0.15) is 11.6 Å². The summed E-state index contributed by atoms with van der Waals surface area (Å²) in [6, 6.07) is 6.10. The number of carbonyl (C=O) groups excluding carboxylic acids is 3. The van der Waals surface area contributed by atoms with Crippen LogP contribution in [-0.2, 0) is 19.1 Å². The molecular formula is C24H32ClN3O5. The van der Waals surface area contributed by atoms with Gasteiger partial charge in [-0.05, 0) is 50.7 Å². The lowest BCUT2D eigenvalue weighted by molar-refractivity contribution is -0.145. The molecule has 1 aromatic rings. The van der Waals surface area contributed by atoms with E-state index in [9.17, 15) is 14.4 Å². The van der Waals surface area contributed by atoms with E-state index in [2.05, 4.69) is 10.6 Å². The van der Waals surface area contributed by atoms with Crippen molar-refractivity contribution in [2.45, 2.75) is 62.7 Å². The van der Waals surface area contributed by atoms with E-state index in [1.807, 2.05) is 6.92 Å². The van der Waals surface area contributed by atoms with Crippen LogP contribution in [0.3, 0.4) is 0 Å². The van der Waals surface area contributed by atoms with Crippen LogP contribution in [0.25, 0.3) is 0 Å². The van der Waals surface area contributed by atoms with Crippen molar-refractivity contribution < 1.29 is 24.2 Å². The molecule has 0 aliphatic carbocycles. The summed E-state index contributed by atoms with van der Waals surface area (Å²) < 4.78 is 6.63. The number of aliphatic hydroxyl groups is 1. The average Bonchev–Trinajstić information content (AvgIpc) is 3.41. The molecule has 0 aromatic heterocycles. The van der Waals surface area contributed by atoms with Crippen LogP contribution in [0.4, 0.5) is 5.69 Å². The van der Waals surface area contributed by atoms with E-state index in [-0.39, 0.29) is 24.3 Å². The van der Waals surface area contributed by atoms with Gasteiger partial charge in [-0.15, -0.1) is 0 Å². The van der Waals surface area contributed by atoms with Crippen molar-refractivity contribution in [3.63, 3.8) is 0 Å². The molecule has 3 saturated heterocycles. The van der Waals surface area contributed by atoms with Crippen LogP contribution in [0, 0.1) is 11.8 Å². The predicted octanol–water partition coefficient (Wildman–Crippen LogP) is 2.34. The summed E-state index contributed by atoms with van der Waals surface area (Å²) in [5.41, 5.74) is -1.32. The number of nitrogens with one attached hydrogen (secondary N) is 2. The van der Waals surface area contributed by atoms with Gasteiger partial charge in [0.25, 0.3) is 0 Å². The Labute approximate surface area is 199 Å². The van der Waals surface area contributed by atoms with E-state index in [0.717, 1.165) is 6.42 Å². The van der Waals surface area contributed by atoms with Gasteiger partial charge in [-0.2, -0.15) is 0 Å². The van der Waals surface area contributed by atoms with E-state index in [4.69, 9.17) is 21.4 Å². The summed E-state index contributed by atoms with van der Waals surface area (Å²) in [7, 11) is 1.57. The Morgan fingerprint density at radius 3 is 2.64 bits per heavy atom. The second kappa shape index (κ2) is 9.24. The molecule has 3 amide bonds. The van der Waals surface area contributed by atoms with Crippen LogP contribution in [0.15, 0.2) is 24.3 Å². The second-order valence-corrected chi connectivity index (χ2v) is 9.64. The lowest BCUT2D eigenvalue weighted by Gasteiger charge is -2.33. The van der Waals surface area contributed by atoms with Crippen molar-refractivity contribution in [2.75, 3.05) is 25.5 Å². The Balaban J connectivity index is 1.71. The Morgan fingerprint density at radius 2 is 1.97 bits per heavy atom. The molecule has 3 fully saturated rings. The fourth-order valence-electron chi connectivity index (χ4n) is 6.15. The van der Waals surface area contributed by atoms with Crippen molar-refractivity contribution >= 4 is 35.0 Å². The molecule has 1 spiro atoms. The van der Waals surface area contributed by atoms with Gasteiger partial charge in [0, 0.05) is 20.2 Å². The molecule has 3 heterocycles. The molecule has 3 aliphatic rings. The predicted molar refractivity (Wildman–Crippen MR) is 124 cm³/mol. The summed E-state index contributed by atoms with van der Waals surface area (Å²) in [5, 5.41) is 15.1. The molecule has 0 saturated carbocycles. The lowest BCUT2D eigenvalue weighted by atomic mass is 9.65. The van der Waals surface area contributed by atoms with Crippen molar-refractivity contribution in [3.05, 3.63) is 29.3 Å².